The lowest BCUT2D eigenvalue weighted by atomic mass is 9.92. The number of rotatable bonds is 2. The van der Waals surface area contributed by atoms with Gasteiger partial charge in [-0.2, -0.15) is 0 Å². The van der Waals surface area contributed by atoms with Crippen LogP contribution in [0.1, 0.15) is 26.5 Å². The third-order valence-electron chi connectivity index (χ3n) is 2.79. The fraction of sp³-hybridized carbons (Fsp3) is 0.333. The zero-order valence-corrected chi connectivity index (χ0v) is 12.3. The third kappa shape index (κ3) is 3.24. The van der Waals surface area contributed by atoms with Crippen LogP contribution in [-0.4, -0.2) is 17.1 Å². The first kappa shape index (κ1) is 13.8. The number of hydrogen-bond donors (Lipinski definition) is 0. The summed E-state index contributed by atoms with van der Waals surface area (Å²) in [6.07, 6.45) is 0. The smallest absolute Gasteiger partial charge is 0.161 e. The van der Waals surface area contributed by atoms with Crippen LogP contribution in [0.3, 0.4) is 0 Å². The van der Waals surface area contributed by atoms with Crippen molar-refractivity contribution in [2.75, 3.05) is 7.11 Å². The summed E-state index contributed by atoms with van der Waals surface area (Å²) < 4.78 is 5.22. The van der Waals surface area contributed by atoms with Gasteiger partial charge in [-0.3, -0.25) is 0 Å². The highest BCUT2D eigenvalue weighted by Crippen LogP contribution is 2.27. The maximum Gasteiger partial charge on any atom is 0.161 e. The maximum atomic E-state index is 6.10. The van der Waals surface area contributed by atoms with Crippen LogP contribution in [0.15, 0.2) is 30.3 Å². The molecular weight excluding hydrogens is 260 g/mol. The van der Waals surface area contributed by atoms with Gasteiger partial charge in [-0.05, 0) is 18.2 Å². The molecule has 0 amide bonds. The minimum Gasteiger partial charge on any atom is -0.497 e. The van der Waals surface area contributed by atoms with E-state index in [1.807, 2.05) is 30.3 Å². The fourth-order valence-corrected chi connectivity index (χ4v) is 1.88. The molecular formula is C15H17ClN2O. The monoisotopic (exact) mass is 276 g/mol. The molecule has 2 aromatic rings. The lowest BCUT2D eigenvalue weighted by molar-refractivity contribution is 0.415. The molecule has 0 spiro atoms. The molecule has 100 valence electrons. The molecule has 0 atom stereocenters. The summed E-state index contributed by atoms with van der Waals surface area (Å²) in [6.45, 7) is 6.29. The molecule has 1 aromatic carbocycles. The van der Waals surface area contributed by atoms with Crippen molar-refractivity contribution >= 4 is 11.6 Å². The Balaban J connectivity index is 2.53. The van der Waals surface area contributed by atoms with Gasteiger partial charge in [0.25, 0.3) is 0 Å². The number of aromatic nitrogens is 2. The van der Waals surface area contributed by atoms with E-state index in [2.05, 4.69) is 30.7 Å². The van der Waals surface area contributed by atoms with Crippen molar-refractivity contribution in [1.82, 2.24) is 9.97 Å². The van der Waals surface area contributed by atoms with Gasteiger partial charge in [-0.1, -0.05) is 44.5 Å². The van der Waals surface area contributed by atoms with E-state index < -0.39 is 0 Å². The molecule has 2 rings (SSSR count). The maximum absolute atomic E-state index is 6.10. The number of hydrogen-bond acceptors (Lipinski definition) is 3. The van der Waals surface area contributed by atoms with Crippen LogP contribution in [0.25, 0.3) is 11.4 Å². The molecule has 0 bridgehead atoms. The lowest BCUT2D eigenvalue weighted by Gasteiger charge is -2.18. The molecule has 0 fully saturated rings. The van der Waals surface area contributed by atoms with E-state index in [0.717, 1.165) is 17.0 Å². The van der Waals surface area contributed by atoms with E-state index in [1.54, 1.807) is 7.11 Å². The highest BCUT2D eigenvalue weighted by molar-refractivity contribution is 6.29. The van der Waals surface area contributed by atoms with Crippen molar-refractivity contribution in [3.63, 3.8) is 0 Å². The van der Waals surface area contributed by atoms with Gasteiger partial charge in [0, 0.05) is 11.0 Å². The van der Waals surface area contributed by atoms with Gasteiger partial charge in [0.1, 0.15) is 10.9 Å². The summed E-state index contributed by atoms with van der Waals surface area (Å²) in [7, 11) is 1.64. The molecule has 1 aromatic heterocycles. The molecule has 1 heterocycles. The molecule has 0 N–H and O–H groups in total. The number of methoxy groups -OCH3 is 1. The normalized spacial score (nSPS) is 11.4. The van der Waals surface area contributed by atoms with Crippen molar-refractivity contribution in [1.29, 1.82) is 0 Å². The van der Waals surface area contributed by atoms with Crippen LogP contribution in [0.2, 0.25) is 5.15 Å². The molecule has 19 heavy (non-hydrogen) atoms. The summed E-state index contributed by atoms with van der Waals surface area (Å²) >= 11 is 6.10. The number of benzene rings is 1. The largest absolute Gasteiger partial charge is 0.497 e. The molecule has 0 aliphatic heterocycles. The average molecular weight is 277 g/mol. The van der Waals surface area contributed by atoms with E-state index in [9.17, 15) is 0 Å². The Labute approximate surface area is 118 Å². The molecule has 0 aliphatic carbocycles. The highest BCUT2D eigenvalue weighted by atomic mass is 35.5. The minimum absolute atomic E-state index is 0.0692. The SMILES string of the molecule is COc1cccc(-c2nc(Cl)cc(C(C)(C)C)n2)c1. The van der Waals surface area contributed by atoms with Gasteiger partial charge in [0.15, 0.2) is 5.82 Å². The van der Waals surface area contributed by atoms with Gasteiger partial charge >= 0.3 is 0 Å². The molecule has 0 saturated heterocycles. The van der Waals surface area contributed by atoms with Crippen LogP contribution in [0.4, 0.5) is 0 Å². The van der Waals surface area contributed by atoms with Crippen molar-refractivity contribution in [3.05, 3.63) is 41.2 Å². The average Bonchev–Trinajstić information content (AvgIpc) is 2.37. The van der Waals surface area contributed by atoms with Gasteiger partial charge in [0.05, 0.1) is 12.8 Å². The number of nitrogens with zero attached hydrogens (tertiary/aromatic N) is 2. The second kappa shape index (κ2) is 5.17. The zero-order valence-electron chi connectivity index (χ0n) is 11.6. The van der Waals surface area contributed by atoms with Crippen LogP contribution < -0.4 is 4.74 Å². The minimum atomic E-state index is -0.0692. The predicted octanol–water partition coefficient (Wildman–Crippen LogP) is 4.10. The van der Waals surface area contributed by atoms with E-state index in [-0.39, 0.29) is 5.41 Å². The molecule has 0 unspecified atom stereocenters. The summed E-state index contributed by atoms with van der Waals surface area (Å²) in [5.74, 6) is 1.40. The Morgan fingerprint density at radius 2 is 1.84 bits per heavy atom. The number of halogens is 1. The van der Waals surface area contributed by atoms with Gasteiger partial charge in [-0.15, -0.1) is 0 Å². The van der Waals surface area contributed by atoms with Crippen LogP contribution in [0.5, 0.6) is 5.75 Å². The second-order valence-electron chi connectivity index (χ2n) is 5.38. The first-order valence-electron chi connectivity index (χ1n) is 6.09. The summed E-state index contributed by atoms with van der Waals surface area (Å²) in [5, 5.41) is 0.456. The molecule has 0 radical (unpaired) electrons. The first-order chi connectivity index (χ1) is 8.90. The quantitative estimate of drug-likeness (QED) is 0.775. The van der Waals surface area contributed by atoms with Crippen LogP contribution in [0, 0.1) is 0 Å². The predicted molar refractivity (Wildman–Crippen MR) is 77.7 cm³/mol. The highest BCUT2D eigenvalue weighted by Gasteiger charge is 2.18. The van der Waals surface area contributed by atoms with Crippen molar-refractivity contribution in [3.8, 4) is 17.1 Å². The van der Waals surface area contributed by atoms with Crippen LogP contribution >= 0.6 is 11.6 Å². The van der Waals surface area contributed by atoms with Gasteiger partial charge in [0.2, 0.25) is 0 Å². The van der Waals surface area contributed by atoms with Crippen molar-refractivity contribution < 1.29 is 4.74 Å². The Kier molecular flexibility index (Phi) is 3.76. The molecule has 0 saturated carbocycles. The van der Waals surface area contributed by atoms with Crippen molar-refractivity contribution in [2.45, 2.75) is 26.2 Å². The molecule has 4 heteroatoms. The van der Waals surface area contributed by atoms with E-state index in [1.165, 1.54) is 0 Å². The van der Waals surface area contributed by atoms with Crippen LogP contribution in [-0.2, 0) is 5.41 Å². The van der Waals surface area contributed by atoms with E-state index >= 15 is 0 Å². The lowest BCUT2D eigenvalue weighted by Crippen LogP contribution is -2.14. The van der Waals surface area contributed by atoms with Crippen molar-refractivity contribution in [2.24, 2.45) is 0 Å². The molecule has 0 aliphatic rings. The summed E-state index contributed by atoms with van der Waals surface area (Å²) in [5.41, 5.74) is 1.75. The Bertz CT molecular complexity index is 591. The zero-order chi connectivity index (χ0) is 14.0. The fourth-order valence-electron chi connectivity index (χ4n) is 1.69. The standard InChI is InChI=1S/C15H17ClN2O/c1-15(2,3)12-9-13(16)18-14(17-12)10-6-5-7-11(8-10)19-4/h5-9H,1-4H3. The molecule has 3 nitrogen and oxygen atoms in total. The van der Waals surface area contributed by atoms with E-state index in [4.69, 9.17) is 16.3 Å². The third-order valence-corrected chi connectivity index (χ3v) is 2.98. The Morgan fingerprint density at radius 1 is 1.11 bits per heavy atom. The van der Waals surface area contributed by atoms with Gasteiger partial charge in [-0.25, -0.2) is 9.97 Å². The van der Waals surface area contributed by atoms with Gasteiger partial charge < -0.3 is 4.74 Å². The second-order valence-corrected chi connectivity index (χ2v) is 5.77. The van der Waals surface area contributed by atoms with E-state index in [0.29, 0.717) is 11.0 Å². The Hall–Kier alpha value is -1.61. The first-order valence-corrected chi connectivity index (χ1v) is 6.47. The Morgan fingerprint density at radius 3 is 2.47 bits per heavy atom. The number of ether oxygens (including phenoxy) is 1. The summed E-state index contributed by atoms with van der Waals surface area (Å²) in [4.78, 5) is 8.89. The summed E-state index contributed by atoms with van der Waals surface area (Å²) in [6, 6.07) is 9.46. The topological polar surface area (TPSA) is 35.0 Å².